The maximum Gasteiger partial charge on any atom is 0.156 e. The third-order valence-electron chi connectivity index (χ3n) is 7.04. The molecule has 0 radical (unpaired) electrons. The van der Waals surface area contributed by atoms with Crippen molar-refractivity contribution in [1.82, 2.24) is 0 Å². The van der Waals surface area contributed by atoms with E-state index in [0.717, 1.165) is 18.6 Å². The molecule has 0 aromatic rings. The zero-order chi connectivity index (χ0) is 16.7. The monoisotopic (exact) mass is 344 g/mol. The number of aliphatic hydroxyl groups excluding tert-OH is 1. The molecule has 4 rings (SSSR count). The summed E-state index contributed by atoms with van der Waals surface area (Å²) in [5.41, 5.74) is 4.53. The van der Waals surface area contributed by atoms with Gasteiger partial charge in [-0.3, -0.25) is 4.79 Å². The van der Waals surface area contributed by atoms with E-state index in [1.807, 2.05) is 17.8 Å². The van der Waals surface area contributed by atoms with Crippen LogP contribution in [-0.2, 0) is 4.79 Å². The molecule has 4 aliphatic rings. The lowest BCUT2D eigenvalue weighted by atomic mass is 9.57. The van der Waals surface area contributed by atoms with Gasteiger partial charge in [-0.1, -0.05) is 18.6 Å². The molecule has 0 spiro atoms. The van der Waals surface area contributed by atoms with Crippen molar-refractivity contribution in [3.05, 3.63) is 34.9 Å². The number of hydrogen-bond acceptors (Lipinski definition) is 3. The van der Waals surface area contributed by atoms with Crippen molar-refractivity contribution < 1.29 is 9.90 Å². The van der Waals surface area contributed by atoms with Gasteiger partial charge in [0.1, 0.15) is 0 Å². The minimum Gasteiger partial charge on any atom is -0.396 e. The topological polar surface area (TPSA) is 37.3 Å². The van der Waals surface area contributed by atoms with E-state index in [2.05, 4.69) is 18.4 Å². The molecule has 0 aliphatic heterocycles. The fourth-order valence-electron chi connectivity index (χ4n) is 5.98. The van der Waals surface area contributed by atoms with Crippen LogP contribution in [0.5, 0.6) is 0 Å². The Morgan fingerprint density at radius 3 is 3.00 bits per heavy atom. The predicted octanol–water partition coefficient (Wildman–Crippen LogP) is 4.31. The van der Waals surface area contributed by atoms with Crippen molar-refractivity contribution in [2.24, 2.45) is 23.2 Å². The molecule has 24 heavy (non-hydrogen) atoms. The van der Waals surface area contributed by atoms with Crippen LogP contribution in [0.3, 0.4) is 0 Å². The smallest absolute Gasteiger partial charge is 0.156 e. The molecule has 0 saturated heterocycles. The summed E-state index contributed by atoms with van der Waals surface area (Å²) in [6.07, 6.45) is 16.6. The lowest BCUT2D eigenvalue weighted by Crippen LogP contribution is -2.43. The molecule has 130 valence electrons. The van der Waals surface area contributed by atoms with E-state index in [-0.39, 0.29) is 5.41 Å². The maximum atomic E-state index is 11.8. The van der Waals surface area contributed by atoms with Crippen LogP contribution < -0.4 is 0 Å². The molecule has 1 fully saturated rings. The number of aliphatic hydroxyl groups is 1. The summed E-state index contributed by atoms with van der Waals surface area (Å²) in [5, 5.41) is 10.1. The van der Waals surface area contributed by atoms with Crippen LogP contribution in [-0.4, -0.2) is 29.5 Å². The fraction of sp³-hybridized carbons (Fsp3) is 0.667. The Balaban J connectivity index is 1.76. The fourth-order valence-corrected chi connectivity index (χ4v) is 6.80. The number of hydrogen-bond donors (Lipinski definition) is 1. The third-order valence-corrected chi connectivity index (χ3v) is 7.78. The molecule has 1 N–H and O–H groups in total. The molecule has 1 saturated carbocycles. The van der Waals surface area contributed by atoms with E-state index in [9.17, 15) is 9.90 Å². The van der Waals surface area contributed by atoms with Gasteiger partial charge in [0, 0.05) is 18.9 Å². The zero-order valence-electron chi connectivity index (χ0n) is 14.6. The number of thioether (sulfide) groups is 1. The Bertz CT molecular complexity index is 630. The molecule has 1 unspecified atom stereocenters. The first kappa shape index (κ1) is 16.7. The zero-order valence-corrected chi connectivity index (χ0v) is 15.4. The van der Waals surface area contributed by atoms with Crippen molar-refractivity contribution in [3.63, 3.8) is 0 Å². The van der Waals surface area contributed by atoms with Crippen LogP contribution in [0.15, 0.2) is 34.9 Å². The highest BCUT2D eigenvalue weighted by atomic mass is 32.2. The molecule has 0 aromatic heterocycles. The standard InChI is InChI=1S/C21H28O2S/c1-24-13-15(12-22)21-9-2-3-20(21)19-6-4-14-11-16(23)5-7-17(14)18(19)8-10-21/h8,10-11,15,19-20,22H,2-7,9,12-13H2,1H3/t15?,19-,20+,21+/m1/s1. The van der Waals surface area contributed by atoms with Gasteiger partial charge in [0.2, 0.25) is 0 Å². The Labute approximate surface area is 149 Å². The summed E-state index contributed by atoms with van der Waals surface area (Å²) in [5.74, 6) is 3.08. The van der Waals surface area contributed by atoms with Gasteiger partial charge < -0.3 is 5.11 Å². The van der Waals surface area contributed by atoms with Crippen LogP contribution in [0.4, 0.5) is 0 Å². The normalized spacial score (nSPS) is 36.1. The van der Waals surface area contributed by atoms with Gasteiger partial charge in [0.25, 0.3) is 0 Å². The van der Waals surface area contributed by atoms with Gasteiger partial charge in [0.05, 0.1) is 0 Å². The number of fused-ring (bicyclic) bond motifs is 4. The Kier molecular flexibility index (Phi) is 4.51. The Morgan fingerprint density at radius 2 is 2.21 bits per heavy atom. The lowest BCUT2D eigenvalue weighted by molar-refractivity contribution is -0.114. The van der Waals surface area contributed by atoms with Crippen LogP contribution in [0.1, 0.15) is 44.9 Å². The van der Waals surface area contributed by atoms with Gasteiger partial charge in [-0.05, 0) is 84.2 Å². The van der Waals surface area contributed by atoms with Crippen molar-refractivity contribution in [1.29, 1.82) is 0 Å². The second-order valence-electron chi connectivity index (χ2n) is 7.99. The highest BCUT2D eigenvalue weighted by molar-refractivity contribution is 7.98. The van der Waals surface area contributed by atoms with Crippen LogP contribution in [0.2, 0.25) is 0 Å². The van der Waals surface area contributed by atoms with E-state index < -0.39 is 0 Å². The molecule has 0 heterocycles. The summed E-state index contributed by atoms with van der Waals surface area (Å²) < 4.78 is 0. The van der Waals surface area contributed by atoms with Crippen LogP contribution >= 0.6 is 11.8 Å². The van der Waals surface area contributed by atoms with Gasteiger partial charge >= 0.3 is 0 Å². The highest BCUT2D eigenvalue weighted by Crippen LogP contribution is 2.60. The second kappa shape index (κ2) is 6.49. The van der Waals surface area contributed by atoms with E-state index in [4.69, 9.17) is 0 Å². The van der Waals surface area contributed by atoms with E-state index >= 15 is 0 Å². The molecule has 4 aliphatic carbocycles. The first-order valence-electron chi connectivity index (χ1n) is 9.45. The minimum atomic E-state index is 0.207. The van der Waals surface area contributed by atoms with Crippen LogP contribution in [0.25, 0.3) is 0 Å². The number of carbonyl (C=O) groups is 1. The molecule has 2 nitrogen and oxygen atoms in total. The summed E-state index contributed by atoms with van der Waals surface area (Å²) in [6, 6.07) is 0. The predicted molar refractivity (Wildman–Crippen MR) is 99.9 cm³/mol. The lowest BCUT2D eigenvalue weighted by Gasteiger charge is -2.48. The molecular weight excluding hydrogens is 316 g/mol. The van der Waals surface area contributed by atoms with Crippen LogP contribution in [0, 0.1) is 23.2 Å². The van der Waals surface area contributed by atoms with Crippen molar-refractivity contribution in [2.45, 2.75) is 44.9 Å². The van der Waals surface area contributed by atoms with E-state index in [1.54, 1.807) is 0 Å². The van der Waals surface area contributed by atoms with E-state index in [1.165, 1.54) is 42.4 Å². The van der Waals surface area contributed by atoms with Gasteiger partial charge in [-0.15, -0.1) is 0 Å². The van der Waals surface area contributed by atoms with Crippen molar-refractivity contribution in [2.75, 3.05) is 18.6 Å². The van der Waals surface area contributed by atoms with Gasteiger partial charge in [-0.25, -0.2) is 0 Å². The Hall–Kier alpha value is -0.800. The minimum absolute atomic E-state index is 0.207. The van der Waals surface area contributed by atoms with Crippen molar-refractivity contribution in [3.8, 4) is 0 Å². The SMILES string of the molecule is CSCC(CO)[C@]12C=CC3=C4CCC(=O)C=C4CC[C@H]3[C@@H]1CCC2. The maximum absolute atomic E-state index is 11.8. The number of ketones is 1. The quantitative estimate of drug-likeness (QED) is 0.826. The summed E-state index contributed by atoms with van der Waals surface area (Å²) in [6.45, 7) is 0.306. The van der Waals surface area contributed by atoms with Crippen molar-refractivity contribution >= 4 is 17.5 Å². The second-order valence-corrected chi connectivity index (χ2v) is 8.90. The average molecular weight is 345 g/mol. The molecule has 3 heteroatoms. The number of allylic oxidation sites excluding steroid dienone is 6. The summed E-state index contributed by atoms with van der Waals surface area (Å²) in [4.78, 5) is 11.8. The van der Waals surface area contributed by atoms with Gasteiger partial charge in [0.15, 0.2) is 5.78 Å². The average Bonchev–Trinajstić information content (AvgIpc) is 3.04. The molecular formula is C21H28O2S. The number of carbonyl (C=O) groups excluding carboxylic acids is 1. The first-order valence-corrected chi connectivity index (χ1v) is 10.8. The largest absolute Gasteiger partial charge is 0.396 e. The molecule has 4 atom stereocenters. The third kappa shape index (κ3) is 2.47. The molecule has 0 aromatic carbocycles. The highest BCUT2D eigenvalue weighted by Gasteiger charge is 2.52. The summed E-state index contributed by atoms with van der Waals surface area (Å²) in [7, 11) is 0. The first-order chi connectivity index (χ1) is 11.7. The Morgan fingerprint density at radius 1 is 1.33 bits per heavy atom. The molecule has 0 amide bonds. The van der Waals surface area contributed by atoms with E-state index in [0.29, 0.717) is 36.6 Å². The summed E-state index contributed by atoms with van der Waals surface area (Å²) >= 11 is 1.87. The number of rotatable bonds is 4. The van der Waals surface area contributed by atoms with Gasteiger partial charge in [-0.2, -0.15) is 11.8 Å². The molecule has 0 bridgehead atoms.